The summed E-state index contributed by atoms with van der Waals surface area (Å²) in [6, 6.07) is 8.36. The van der Waals surface area contributed by atoms with Gasteiger partial charge in [0.2, 0.25) is 0 Å². The van der Waals surface area contributed by atoms with E-state index in [4.69, 9.17) is 17.3 Å². The molecule has 21 heavy (non-hydrogen) atoms. The molecule has 0 unspecified atom stereocenters. The zero-order chi connectivity index (χ0) is 15.0. The first kappa shape index (κ1) is 13.4. The molecule has 0 spiro atoms. The number of rotatable bonds is 2. The molecule has 0 aliphatic heterocycles. The van der Waals surface area contributed by atoms with Crippen LogP contribution < -0.4 is 5.73 Å². The topological polar surface area (TPSA) is 69.6 Å². The summed E-state index contributed by atoms with van der Waals surface area (Å²) in [5.74, 6) is -1.66. The van der Waals surface area contributed by atoms with Crippen molar-refractivity contribution in [2.75, 3.05) is 5.73 Å². The fraction of sp³-hybridized carbons (Fsp3) is 0. The van der Waals surface area contributed by atoms with Crippen LogP contribution in [0.15, 0.2) is 36.4 Å². The van der Waals surface area contributed by atoms with Crippen LogP contribution >= 0.6 is 11.6 Å². The van der Waals surface area contributed by atoms with Crippen LogP contribution in [0.3, 0.4) is 0 Å². The first-order valence-electron chi connectivity index (χ1n) is 5.86. The Bertz CT molecular complexity index is 818. The fourth-order valence-corrected chi connectivity index (χ4v) is 2.05. The Morgan fingerprint density at radius 1 is 1.10 bits per heavy atom. The van der Waals surface area contributed by atoms with Crippen LogP contribution in [0.5, 0.6) is 0 Å². The Labute approximate surface area is 123 Å². The summed E-state index contributed by atoms with van der Waals surface area (Å²) in [6.45, 7) is 0. The molecule has 106 valence electrons. The number of tetrazole rings is 1. The SMILES string of the molecule is Nc1c(Cl)cccc1-c1nnnn1-c1ccc(F)c(F)c1. The molecule has 1 aromatic heterocycles. The second kappa shape index (κ2) is 5.10. The summed E-state index contributed by atoms with van der Waals surface area (Å²) in [5, 5.41) is 11.5. The molecule has 3 rings (SSSR count). The molecular weight excluding hydrogens is 300 g/mol. The molecule has 0 bridgehead atoms. The lowest BCUT2D eigenvalue weighted by Gasteiger charge is -2.08. The van der Waals surface area contributed by atoms with Gasteiger partial charge in [-0.05, 0) is 34.7 Å². The molecule has 5 nitrogen and oxygen atoms in total. The summed E-state index contributed by atoms with van der Waals surface area (Å²) in [4.78, 5) is 0. The highest BCUT2D eigenvalue weighted by molar-refractivity contribution is 6.33. The maximum atomic E-state index is 13.3. The predicted octanol–water partition coefficient (Wildman–Crippen LogP) is 2.84. The quantitative estimate of drug-likeness (QED) is 0.739. The van der Waals surface area contributed by atoms with Gasteiger partial charge in [-0.3, -0.25) is 0 Å². The van der Waals surface area contributed by atoms with E-state index in [9.17, 15) is 8.78 Å². The van der Waals surface area contributed by atoms with Crippen LogP contribution in [-0.2, 0) is 0 Å². The Morgan fingerprint density at radius 3 is 2.67 bits per heavy atom. The van der Waals surface area contributed by atoms with Crippen molar-refractivity contribution >= 4 is 17.3 Å². The Morgan fingerprint density at radius 2 is 1.90 bits per heavy atom. The monoisotopic (exact) mass is 307 g/mol. The highest BCUT2D eigenvalue weighted by Gasteiger charge is 2.16. The van der Waals surface area contributed by atoms with E-state index < -0.39 is 11.6 Å². The van der Waals surface area contributed by atoms with Crippen molar-refractivity contribution in [1.82, 2.24) is 20.2 Å². The molecule has 0 saturated carbocycles. The van der Waals surface area contributed by atoms with Gasteiger partial charge in [0.05, 0.1) is 16.4 Å². The van der Waals surface area contributed by atoms with Crippen molar-refractivity contribution in [3.8, 4) is 17.1 Å². The van der Waals surface area contributed by atoms with E-state index in [2.05, 4.69) is 15.5 Å². The predicted molar refractivity (Wildman–Crippen MR) is 73.9 cm³/mol. The standard InChI is InChI=1S/C13H8ClF2N5/c14-9-3-1-2-8(12(9)17)13-18-19-20-21(13)7-4-5-10(15)11(16)6-7/h1-6H,17H2. The molecule has 0 fully saturated rings. The number of halogens is 3. The summed E-state index contributed by atoms with van der Waals surface area (Å²) in [7, 11) is 0. The molecule has 0 saturated heterocycles. The number of nitrogens with two attached hydrogens (primary N) is 1. The number of para-hydroxylation sites is 1. The first-order chi connectivity index (χ1) is 10.1. The molecule has 0 amide bonds. The van der Waals surface area contributed by atoms with E-state index >= 15 is 0 Å². The zero-order valence-corrected chi connectivity index (χ0v) is 11.2. The van der Waals surface area contributed by atoms with Gasteiger partial charge in [0.1, 0.15) is 0 Å². The largest absolute Gasteiger partial charge is 0.397 e. The smallest absolute Gasteiger partial charge is 0.189 e. The summed E-state index contributed by atoms with van der Waals surface area (Å²) in [6.07, 6.45) is 0. The number of benzene rings is 2. The third kappa shape index (κ3) is 2.31. The Kier molecular flexibility index (Phi) is 3.26. The molecule has 0 aliphatic carbocycles. The lowest BCUT2D eigenvalue weighted by Crippen LogP contribution is -2.03. The molecule has 1 heterocycles. The molecule has 0 aliphatic rings. The van der Waals surface area contributed by atoms with Gasteiger partial charge in [-0.15, -0.1) is 5.10 Å². The van der Waals surface area contributed by atoms with Gasteiger partial charge >= 0.3 is 0 Å². The van der Waals surface area contributed by atoms with Crippen LogP contribution in [-0.4, -0.2) is 20.2 Å². The maximum absolute atomic E-state index is 13.3. The van der Waals surface area contributed by atoms with Crippen LogP contribution in [0.2, 0.25) is 5.02 Å². The van der Waals surface area contributed by atoms with Crippen LogP contribution in [0.4, 0.5) is 14.5 Å². The molecule has 2 aromatic carbocycles. The van der Waals surface area contributed by atoms with E-state index in [0.717, 1.165) is 12.1 Å². The third-order valence-electron chi connectivity index (χ3n) is 2.91. The average molecular weight is 308 g/mol. The van der Waals surface area contributed by atoms with Gasteiger partial charge in [-0.1, -0.05) is 17.7 Å². The number of hydrogen-bond donors (Lipinski definition) is 1. The Hall–Kier alpha value is -2.54. The van der Waals surface area contributed by atoms with E-state index in [1.165, 1.54) is 10.7 Å². The summed E-state index contributed by atoms with van der Waals surface area (Å²) in [5.41, 5.74) is 6.97. The minimum Gasteiger partial charge on any atom is -0.397 e. The van der Waals surface area contributed by atoms with Crippen LogP contribution in [0.25, 0.3) is 17.1 Å². The van der Waals surface area contributed by atoms with E-state index in [-0.39, 0.29) is 11.5 Å². The summed E-state index contributed by atoms with van der Waals surface area (Å²) >= 11 is 5.96. The second-order valence-electron chi connectivity index (χ2n) is 4.21. The van der Waals surface area contributed by atoms with Crippen molar-refractivity contribution in [3.63, 3.8) is 0 Å². The van der Waals surface area contributed by atoms with Crippen molar-refractivity contribution in [1.29, 1.82) is 0 Å². The second-order valence-corrected chi connectivity index (χ2v) is 4.62. The van der Waals surface area contributed by atoms with Crippen LogP contribution in [0, 0.1) is 11.6 Å². The molecule has 0 atom stereocenters. The van der Waals surface area contributed by atoms with E-state index in [1.54, 1.807) is 18.2 Å². The molecular formula is C13H8ClF2N5. The van der Waals surface area contributed by atoms with Gasteiger partial charge in [0.25, 0.3) is 0 Å². The van der Waals surface area contributed by atoms with Crippen molar-refractivity contribution in [2.45, 2.75) is 0 Å². The van der Waals surface area contributed by atoms with Gasteiger partial charge in [-0.2, -0.15) is 4.68 Å². The minimum absolute atomic E-state index is 0.272. The fourth-order valence-electron chi connectivity index (χ4n) is 1.88. The lowest BCUT2D eigenvalue weighted by atomic mass is 10.1. The lowest BCUT2D eigenvalue weighted by molar-refractivity contribution is 0.507. The van der Waals surface area contributed by atoms with Gasteiger partial charge in [0.15, 0.2) is 17.5 Å². The number of hydrogen-bond acceptors (Lipinski definition) is 4. The minimum atomic E-state index is -0.993. The maximum Gasteiger partial charge on any atom is 0.189 e. The van der Waals surface area contributed by atoms with Gasteiger partial charge < -0.3 is 5.73 Å². The molecule has 3 aromatic rings. The van der Waals surface area contributed by atoms with Crippen LogP contribution in [0.1, 0.15) is 0 Å². The number of nitrogens with zero attached hydrogens (tertiary/aromatic N) is 4. The third-order valence-corrected chi connectivity index (χ3v) is 3.24. The molecule has 2 N–H and O–H groups in total. The first-order valence-corrected chi connectivity index (χ1v) is 6.24. The number of aromatic nitrogens is 4. The van der Waals surface area contributed by atoms with Gasteiger partial charge in [0, 0.05) is 11.6 Å². The van der Waals surface area contributed by atoms with Crippen molar-refractivity contribution < 1.29 is 8.78 Å². The number of anilines is 1. The summed E-state index contributed by atoms with van der Waals surface area (Å²) < 4.78 is 27.6. The van der Waals surface area contributed by atoms with E-state index in [1.807, 2.05) is 0 Å². The van der Waals surface area contributed by atoms with Crippen molar-refractivity contribution in [3.05, 3.63) is 53.1 Å². The average Bonchev–Trinajstić information content (AvgIpc) is 2.94. The zero-order valence-electron chi connectivity index (χ0n) is 10.5. The number of nitrogen functional groups attached to an aromatic ring is 1. The van der Waals surface area contributed by atoms with Gasteiger partial charge in [-0.25, -0.2) is 8.78 Å². The Balaban J connectivity index is 2.17. The van der Waals surface area contributed by atoms with E-state index in [0.29, 0.717) is 16.3 Å². The normalized spacial score (nSPS) is 10.8. The molecule has 8 heteroatoms. The highest BCUT2D eigenvalue weighted by atomic mass is 35.5. The van der Waals surface area contributed by atoms with Crippen molar-refractivity contribution in [2.24, 2.45) is 0 Å². The highest BCUT2D eigenvalue weighted by Crippen LogP contribution is 2.30. The molecule has 0 radical (unpaired) electrons.